The number of fused-ring (bicyclic) bond motifs is 1. The Bertz CT molecular complexity index is 398. The highest BCUT2D eigenvalue weighted by molar-refractivity contribution is 5.40. The van der Waals surface area contributed by atoms with Gasteiger partial charge in [0.1, 0.15) is 5.75 Å². The van der Waals surface area contributed by atoms with Crippen molar-refractivity contribution in [2.75, 3.05) is 13.7 Å². The van der Waals surface area contributed by atoms with Crippen LogP contribution in [0.2, 0.25) is 0 Å². The number of benzene rings is 1. The second kappa shape index (κ2) is 4.69. The largest absolute Gasteiger partial charge is 0.497 e. The molecule has 1 aromatic carbocycles. The van der Waals surface area contributed by atoms with E-state index >= 15 is 0 Å². The molecule has 1 unspecified atom stereocenters. The molecule has 1 aliphatic carbocycles. The van der Waals surface area contributed by atoms with Crippen LogP contribution in [0, 0.1) is 5.41 Å². The molecule has 1 atom stereocenters. The van der Waals surface area contributed by atoms with E-state index in [2.05, 4.69) is 32.0 Å². The van der Waals surface area contributed by atoms with Gasteiger partial charge in [-0.15, -0.1) is 0 Å². The highest BCUT2D eigenvalue weighted by atomic mass is 16.5. The van der Waals surface area contributed by atoms with Gasteiger partial charge in [-0.25, -0.2) is 0 Å². The van der Waals surface area contributed by atoms with Crippen molar-refractivity contribution in [2.45, 2.75) is 39.0 Å². The van der Waals surface area contributed by atoms with Crippen molar-refractivity contribution in [1.29, 1.82) is 0 Å². The molecule has 0 spiro atoms. The van der Waals surface area contributed by atoms with E-state index < -0.39 is 0 Å². The van der Waals surface area contributed by atoms with Gasteiger partial charge in [0.25, 0.3) is 0 Å². The quantitative estimate of drug-likeness (QED) is 0.870. The maximum absolute atomic E-state index is 5.78. The lowest BCUT2D eigenvalue weighted by Gasteiger charge is -2.40. The van der Waals surface area contributed by atoms with E-state index in [9.17, 15) is 0 Å². The van der Waals surface area contributed by atoms with Crippen LogP contribution in [0.25, 0.3) is 0 Å². The first-order valence-electron chi connectivity index (χ1n) is 6.45. The summed E-state index contributed by atoms with van der Waals surface area (Å²) >= 11 is 0. The van der Waals surface area contributed by atoms with Crippen molar-refractivity contribution < 1.29 is 4.74 Å². The molecular formula is C15H23NO. The van der Waals surface area contributed by atoms with E-state index in [0.29, 0.717) is 11.3 Å². The SMILES string of the molecule is COc1ccc2c(c1)C(CCN)C(C)(C)CC2. The van der Waals surface area contributed by atoms with Crippen LogP contribution in [-0.4, -0.2) is 13.7 Å². The Labute approximate surface area is 104 Å². The van der Waals surface area contributed by atoms with E-state index in [0.717, 1.165) is 18.7 Å². The number of hydrogen-bond donors (Lipinski definition) is 1. The van der Waals surface area contributed by atoms with Gasteiger partial charge in [0.05, 0.1) is 7.11 Å². The zero-order valence-corrected chi connectivity index (χ0v) is 11.1. The first-order valence-corrected chi connectivity index (χ1v) is 6.45. The highest BCUT2D eigenvalue weighted by Gasteiger charge is 2.35. The molecule has 94 valence electrons. The van der Waals surface area contributed by atoms with E-state index in [1.165, 1.54) is 24.0 Å². The summed E-state index contributed by atoms with van der Waals surface area (Å²) in [6.45, 7) is 5.47. The predicted molar refractivity (Wildman–Crippen MR) is 71.5 cm³/mol. The molecule has 0 saturated heterocycles. The smallest absolute Gasteiger partial charge is 0.119 e. The van der Waals surface area contributed by atoms with Crippen molar-refractivity contribution in [3.05, 3.63) is 29.3 Å². The summed E-state index contributed by atoms with van der Waals surface area (Å²) in [4.78, 5) is 0. The first-order chi connectivity index (χ1) is 8.08. The molecular weight excluding hydrogens is 210 g/mol. The molecule has 1 aromatic rings. The molecule has 0 radical (unpaired) electrons. The van der Waals surface area contributed by atoms with Crippen molar-refractivity contribution in [3.63, 3.8) is 0 Å². The molecule has 0 fully saturated rings. The summed E-state index contributed by atoms with van der Waals surface area (Å²) in [5.74, 6) is 1.52. The summed E-state index contributed by atoms with van der Waals surface area (Å²) in [5, 5.41) is 0. The monoisotopic (exact) mass is 233 g/mol. The van der Waals surface area contributed by atoms with Crippen LogP contribution in [-0.2, 0) is 6.42 Å². The van der Waals surface area contributed by atoms with Crippen LogP contribution in [0.4, 0.5) is 0 Å². The number of ether oxygens (including phenoxy) is 1. The van der Waals surface area contributed by atoms with Crippen LogP contribution >= 0.6 is 0 Å². The second-order valence-corrected chi connectivity index (χ2v) is 5.68. The molecule has 0 saturated carbocycles. The van der Waals surface area contributed by atoms with E-state index in [1.54, 1.807) is 7.11 Å². The Morgan fingerprint density at radius 1 is 1.41 bits per heavy atom. The van der Waals surface area contributed by atoms with E-state index in [1.807, 2.05) is 0 Å². The number of methoxy groups -OCH3 is 1. The van der Waals surface area contributed by atoms with Gasteiger partial charge in [-0.2, -0.15) is 0 Å². The van der Waals surface area contributed by atoms with Gasteiger partial charge in [-0.1, -0.05) is 19.9 Å². The van der Waals surface area contributed by atoms with E-state index in [4.69, 9.17) is 10.5 Å². The fraction of sp³-hybridized carbons (Fsp3) is 0.600. The normalized spacial score (nSPS) is 22.0. The van der Waals surface area contributed by atoms with E-state index in [-0.39, 0.29) is 0 Å². The van der Waals surface area contributed by atoms with Gasteiger partial charge in [0, 0.05) is 0 Å². The van der Waals surface area contributed by atoms with Crippen molar-refractivity contribution >= 4 is 0 Å². The van der Waals surface area contributed by atoms with Gasteiger partial charge < -0.3 is 10.5 Å². The first kappa shape index (κ1) is 12.4. The Kier molecular flexibility index (Phi) is 3.43. The molecule has 0 bridgehead atoms. The molecule has 2 rings (SSSR count). The van der Waals surface area contributed by atoms with Gasteiger partial charge in [-0.05, 0) is 60.4 Å². The number of aryl methyl sites for hydroxylation is 1. The van der Waals surface area contributed by atoms with Crippen molar-refractivity contribution in [3.8, 4) is 5.75 Å². The average Bonchev–Trinajstić information content (AvgIpc) is 2.32. The lowest BCUT2D eigenvalue weighted by molar-refractivity contribution is 0.235. The fourth-order valence-corrected chi connectivity index (χ4v) is 3.02. The second-order valence-electron chi connectivity index (χ2n) is 5.68. The Balaban J connectivity index is 2.42. The summed E-state index contributed by atoms with van der Waals surface area (Å²) in [6.07, 6.45) is 3.48. The van der Waals surface area contributed by atoms with Crippen LogP contribution in [0.5, 0.6) is 5.75 Å². The van der Waals surface area contributed by atoms with Crippen LogP contribution in [0.3, 0.4) is 0 Å². The number of hydrogen-bond acceptors (Lipinski definition) is 2. The van der Waals surface area contributed by atoms with Gasteiger partial charge >= 0.3 is 0 Å². The molecule has 0 aromatic heterocycles. The maximum atomic E-state index is 5.78. The summed E-state index contributed by atoms with van der Waals surface area (Å²) < 4.78 is 5.34. The third kappa shape index (κ3) is 2.32. The lowest BCUT2D eigenvalue weighted by atomic mass is 9.65. The average molecular weight is 233 g/mol. The number of nitrogens with two attached hydrogens (primary N) is 1. The summed E-state index contributed by atoms with van der Waals surface area (Å²) in [7, 11) is 1.73. The lowest BCUT2D eigenvalue weighted by Crippen LogP contribution is -2.30. The van der Waals surface area contributed by atoms with Crippen LogP contribution < -0.4 is 10.5 Å². The minimum atomic E-state index is 0.346. The Morgan fingerprint density at radius 3 is 2.82 bits per heavy atom. The van der Waals surface area contributed by atoms with Crippen molar-refractivity contribution in [2.24, 2.45) is 11.1 Å². The number of rotatable bonds is 3. The molecule has 2 N–H and O–H groups in total. The molecule has 1 aliphatic rings. The molecule has 2 heteroatoms. The standard InChI is InChI=1S/C15H23NO/c1-15(2)8-6-11-4-5-12(17-3)10-13(11)14(15)7-9-16/h4-5,10,14H,6-9,16H2,1-3H3. The van der Waals surface area contributed by atoms with Gasteiger partial charge in [-0.3, -0.25) is 0 Å². The molecule has 17 heavy (non-hydrogen) atoms. The fourth-order valence-electron chi connectivity index (χ4n) is 3.02. The van der Waals surface area contributed by atoms with Crippen molar-refractivity contribution in [1.82, 2.24) is 0 Å². The summed E-state index contributed by atoms with van der Waals surface area (Å²) in [6, 6.07) is 6.49. The maximum Gasteiger partial charge on any atom is 0.119 e. The topological polar surface area (TPSA) is 35.2 Å². The Morgan fingerprint density at radius 2 is 2.18 bits per heavy atom. The third-order valence-corrected chi connectivity index (χ3v) is 4.17. The van der Waals surface area contributed by atoms with Gasteiger partial charge in [0.2, 0.25) is 0 Å². The highest BCUT2D eigenvalue weighted by Crippen LogP contribution is 2.47. The third-order valence-electron chi connectivity index (χ3n) is 4.17. The zero-order valence-electron chi connectivity index (χ0n) is 11.1. The molecule has 0 amide bonds. The molecule has 0 heterocycles. The van der Waals surface area contributed by atoms with Crippen LogP contribution in [0.1, 0.15) is 43.7 Å². The van der Waals surface area contributed by atoms with Gasteiger partial charge in [0.15, 0.2) is 0 Å². The van der Waals surface area contributed by atoms with Crippen LogP contribution in [0.15, 0.2) is 18.2 Å². The zero-order chi connectivity index (χ0) is 12.5. The Hall–Kier alpha value is -1.02. The predicted octanol–water partition coefficient (Wildman–Crippen LogP) is 3.10. The molecule has 2 nitrogen and oxygen atoms in total. The minimum Gasteiger partial charge on any atom is -0.497 e. The summed E-state index contributed by atoms with van der Waals surface area (Å²) in [5.41, 5.74) is 9.05. The minimum absolute atomic E-state index is 0.346. The molecule has 0 aliphatic heterocycles.